The Morgan fingerprint density at radius 3 is 2.93 bits per heavy atom. The maximum Gasteiger partial charge on any atom is 0.101 e. The smallest absolute Gasteiger partial charge is 0.101 e. The molecule has 0 bridgehead atoms. The van der Waals surface area contributed by atoms with E-state index in [1.165, 1.54) is 0 Å². The summed E-state index contributed by atoms with van der Waals surface area (Å²) in [5.74, 6) is 0. The molecule has 1 rings (SSSR count). The Hall–Kier alpha value is -0.980. The van der Waals surface area contributed by atoms with Crippen molar-refractivity contribution in [3.63, 3.8) is 0 Å². The van der Waals surface area contributed by atoms with E-state index in [4.69, 9.17) is 16.9 Å². The summed E-state index contributed by atoms with van der Waals surface area (Å²) in [6, 6.07) is 7.48. The maximum absolute atomic E-state index is 8.81. The van der Waals surface area contributed by atoms with Crippen LogP contribution in [-0.4, -0.2) is 6.54 Å². The number of rotatable bonds is 3. The fourth-order valence-corrected chi connectivity index (χ4v) is 1.38. The normalized spacial score (nSPS) is 9.21. The molecule has 0 fully saturated rings. The molecular formula is C10H8BrClN2. The molecule has 0 unspecified atom stereocenters. The van der Waals surface area contributed by atoms with Crippen molar-refractivity contribution in [2.75, 3.05) is 11.9 Å². The minimum atomic E-state index is 0.451. The molecule has 0 amide bonds. The second kappa shape index (κ2) is 5.04. The number of benzene rings is 1. The molecule has 0 aliphatic carbocycles. The van der Waals surface area contributed by atoms with Gasteiger partial charge in [0.2, 0.25) is 0 Å². The van der Waals surface area contributed by atoms with Gasteiger partial charge in [-0.05, 0) is 18.2 Å². The number of nitrogens with zero attached hydrogens (tertiary/aromatic N) is 1. The maximum atomic E-state index is 8.81. The largest absolute Gasteiger partial charge is 0.379 e. The van der Waals surface area contributed by atoms with Crippen LogP contribution in [0.25, 0.3) is 0 Å². The van der Waals surface area contributed by atoms with E-state index in [2.05, 4.69) is 33.9 Å². The molecule has 0 aliphatic rings. The fraction of sp³-hybridized carbons (Fsp3) is 0.100. The zero-order valence-corrected chi connectivity index (χ0v) is 9.69. The van der Waals surface area contributed by atoms with Gasteiger partial charge in [-0.3, -0.25) is 0 Å². The number of hydrogen-bond donors (Lipinski definition) is 1. The van der Waals surface area contributed by atoms with Gasteiger partial charge < -0.3 is 5.32 Å². The lowest BCUT2D eigenvalue weighted by Gasteiger charge is -2.07. The minimum absolute atomic E-state index is 0.451. The standard InChI is InChI=1S/C10H8BrClN2/c1-7(12)6-14-10-4-9(11)3-2-8(10)5-13/h2-4,14H,1,6H2. The summed E-state index contributed by atoms with van der Waals surface area (Å²) in [5, 5.41) is 12.3. The third kappa shape index (κ3) is 3.06. The quantitative estimate of drug-likeness (QED) is 0.913. The van der Waals surface area contributed by atoms with Gasteiger partial charge in [-0.1, -0.05) is 34.1 Å². The summed E-state index contributed by atoms with van der Waals surface area (Å²) in [6.07, 6.45) is 0. The molecule has 0 heterocycles. The number of nitriles is 1. The van der Waals surface area contributed by atoms with E-state index in [-0.39, 0.29) is 0 Å². The summed E-state index contributed by atoms with van der Waals surface area (Å²) < 4.78 is 0.916. The van der Waals surface area contributed by atoms with Crippen molar-refractivity contribution in [3.8, 4) is 6.07 Å². The Morgan fingerprint density at radius 1 is 1.64 bits per heavy atom. The highest BCUT2D eigenvalue weighted by Crippen LogP contribution is 2.21. The number of anilines is 1. The second-order valence-electron chi connectivity index (χ2n) is 2.67. The van der Waals surface area contributed by atoms with Crippen molar-refractivity contribution in [2.24, 2.45) is 0 Å². The van der Waals surface area contributed by atoms with Gasteiger partial charge in [0.05, 0.1) is 17.8 Å². The molecule has 1 N–H and O–H groups in total. The molecule has 1 aromatic rings. The van der Waals surface area contributed by atoms with Crippen LogP contribution < -0.4 is 5.32 Å². The molecule has 0 spiro atoms. The molecular weight excluding hydrogens is 263 g/mol. The van der Waals surface area contributed by atoms with Crippen molar-refractivity contribution < 1.29 is 0 Å². The van der Waals surface area contributed by atoms with Crippen LogP contribution in [-0.2, 0) is 0 Å². The van der Waals surface area contributed by atoms with Crippen LogP contribution in [0.4, 0.5) is 5.69 Å². The molecule has 14 heavy (non-hydrogen) atoms. The molecule has 1 aromatic carbocycles. The minimum Gasteiger partial charge on any atom is -0.379 e. The highest BCUT2D eigenvalue weighted by atomic mass is 79.9. The monoisotopic (exact) mass is 270 g/mol. The van der Waals surface area contributed by atoms with Gasteiger partial charge in [-0.25, -0.2) is 0 Å². The summed E-state index contributed by atoms with van der Waals surface area (Å²) in [7, 11) is 0. The molecule has 0 radical (unpaired) electrons. The van der Waals surface area contributed by atoms with Crippen molar-refractivity contribution in [2.45, 2.75) is 0 Å². The lowest BCUT2D eigenvalue weighted by molar-refractivity contribution is 1.30. The van der Waals surface area contributed by atoms with E-state index in [9.17, 15) is 0 Å². The summed E-state index contributed by atoms with van der Waals surface area (Å²) in [4.78, 5) is 0. The van der Waals surface area contributed by atoms with Crippen LogP contribution in [0.5, 0.6) is 0 Å². The third-order valence-corrected chi connectivity index (χ3v) is 2.20. The summed E-state index contributed by atoms with van der Waals surface area (Å²) >= 11 is 8.94. The molecule has 4 heteroatoms. The first-order chi connectivity index (χ1) is 6.63. The Kier molecular flexibility index (Phi) is 3.99. The molecule has 0 saturated carbocycles. The number of halogens is 2. The van der Waals surface area contributed by atoms with Crippen molar-refractivity contribution in [3.05, 3.63) is 39.8 Å². The average Bonchev–Trinajstić information content (AvgIpc) is 2.15. The summed E-state index contributed by atoms with van der Waals surface area (Å²) in [5.41, 5.74) is 1.34. The van der Waals surface area contributed by atoms with Gasteiger partial charge >= 0.3 is 0 Å². The fourth-order valence-electron chi connectivity index (χ4n) is 0.951. The lowest BCUT2D eigenvalue weighted by atomic mass is 10.2. The van der Waals surface area contributed by atoms with Crippen LogP contribution in [0.1, 0.15) is 5.56 Å². The van der Waals surface area contributed by atoms with Crippen molar-refractivity contribution in [1.29, 1.82) is 5.26 Å². The zero-order valence-electron chi connectivity index (χ0n) is 7.35. The van der Waals surface area contributed by atoms with E-state index in [1.807, 2.05) is 12.1 Å². The van der Waals surface area contributed by atoms with E-state index < -0.39 is 0 Å². The van der Waals surface area contributed by atoms with E-state index in [0.29, 0.717) is 17.1 Å². The number of nitrogens with one attached hydrogen (secondary N) is 1. The van der Waals surface area contributed by atoms with Gasteiger partial charge in [0.25, 0.3) is 0 Å². The topological polar surface area (TPSA) is 35.8 Å². The van der Waals surface area contributed by atoms with Crippen LogP contribution in [0, 0.1) is 11.3 Å². The predicted molar refractivity (Wildman–Crippen MR) is 62.3 cm³/mol. The van der Waals surface area contributed by atoms with Crippen LogP contribution in [0.3, 0.4) is 0 Å². The molecule has 0 aliphatic heterocycles. The Balaban J connectivity index is 2.89. The Bertz CT molecular complexity index is 396. The second-order valence-corrected chi connectivity index (χ2v) is 4.12. The highest BCUT2D eigenvalue weighted by Gasteiger charge is 2.01. The van der Waals surface area contributed by atoms with Gasteiger partial charge in [0.1, 0.15) is 6.07 Å². The zero-order chi connectivity index (χ0) is 10.6. The first-order valence-electron chi connectivity index (χ1n) is 3.90. The Labute approximate surface area is 96.3 Å². The average molecular weight is 272 g/mol. The molecule has 0 aromatic heterocycles. The SMILES string of the molecule is C=C(Cl)CNc1cc(Br)ccc1C#N. The number of hydrogen-bond acceptors (Lipinski definition) is 2. The molecule has 72 valence electrons. The third-order valence-electron chi connectivity index (χ3n) is 1.57. The lowest BCUT2D eigenvalue weighted by Crippen LogP contribution is -2.02. The van der Waals surface area contributed by atoms with Crippen LogP contribution in [0.2, 0.25) is 0 Å². The van der Waals surface area contributed by atoms with E-state index >= 15 is 0 Å². The molecule has 0 saturated heterocycles. The summed E-state index contributed by atoms with van der Waals surface area (Å²) in [6.45, 7) is 4.01. The van der Waals surface area contributed by atoms with Gasteiger partial charge in [0, 0.05) is 9.51 Å². The van der Waals surface area contributed by atoms with Crippen LogP contribution >= 0.6 is 27.5 Å². The highest BCUT2D eigenvalue weighted by molar-refractivity contribution is 9.10. The molecule has 0 atom stereocenters. The predicted octanol–water partition coefficient (Wildman–Crippen LogP) is 3.49. The molecule has 2 nitrogen and oxygen atoms in total. The first-order valence-corrected chi connectivity index (χ1v) is 5.07. The van der Waals surface area contributed by atoms with E-state index in [0.717, 1.165) is 10.2 Å². The van der Waals surface area contributed by atoms with Crippen molar-refractivity contribution >= 4 is 33.2 Å². The van der Waals surface area contributed by atoms with E-state index in [1.54, 1.807) is 6.07 Å². The van der Waals surface area contributed by atoms with Gasteiger partial charge in [-0.2, -0.15) is 5.26 Å². The van der Waals surface area contributed by atoms with Gasteiger partial charge in [0.15, 0.2) is 0 Å². The van der Waals surface area contributed by atoms with Crippen molar-refractivity contribution in [1.82, 2.24) is 0 Å². The van der Waals surface area contributed by atoms with Gasteiger partial charge in [-0.15, -0.1) is 0 Å². The Morgan fingerprint density at radius 2 is 2.36 bits per heavy atom. The van der Waals surface area contributed by atoms with Crippen LogP contribution in [0.15, 0.2) is 34.3 Å². The first kappa shape index (κ1) is 11.1.